The first-order chi connectivity index (χ1) is 14.1. The van der Waals surface area contributed by atoms with Crippen LogP contribution < -0.4 is 4.90 Å². The Balaban J connectivity index is 1.74. The van der Waals surface area contributed by atoms with Crippen LogP contribution in [0, 0.1) is 0 Å². The molecule has 0 atom stereocenters. The second-order valence-electron chi connectivity index (χ2n) is 9.05. The second kappa shape index (κ2) is 7.47. The number of ether oxygens (including phenoxy) is 1. The van der Waals surface area contributed by atoms with Crippen molar-refractivity contribution in [2.45, 2.75) is 77.9 Å². The highest BCUT2D eigenvalue weighted by atomic mass is 32.1. The van der Waals surface area contributed by atoms with Crippen LogP contribution in [-0.4, -0.2) is 33.6 Å². The molecule has 0 unspecified atom stereocenters. The molecule has 0 spiro atoms. The van der Waals surface area contributed by atoms with Gasteiger partial charge in [-0.05, 0) is 51.5 Å². The monoisotopic (exact) mass is 410 g/mol. The molecule has 154 valence electrons. The molecular formula is C23H30N4OS. The molecule has 0 aromatic carbocycles. The third-order valence-electron chi connectivity index (χ3n) is 6.32. The number of anilines is 1. The summed E-state index contributed by atoms with van der Waals surface area (Å²) in [4.78, 5) is 18.2. The van der Waals surface area contributed by atoms with Crippen molar-refractivity contribution in [1.29, 1.82) is 0 Å². The van der Waals surface area contributed by atoms with E-state index < -0.39 is 0 Å². The van der Waals surface area contributed by atoms with E-state index in [2.05, 4.69) is 25.7 Å². The minimum Gasteiger partial charge on any atom is -0.370 e. The molecule has 6 heteroatoms. The predicted molar refractivity (Wildman–Crippen MR) is 120 cm³/mol. The Morgan fingerprint density at radius 2 is 1.97 bits per heavy atom. The van der Waals surface area contributed by atoms with Gasteiger partial charge in [0, 0.05) is 36.2 Å². The highest BCUT2D eigenvalue weighted by Crippen LogP contribution is 2.43. The number of pyridine rings is 1. The maximum absolute atomic E-state index is 6.19. The minimum atomic E-state index is -0.152. The van der Waals surface area contributed by atoms with Gasteiger partial charge in [0.2, 0.25) is 0 Å². The second-order valence-corrected chi connectivity index (χ2v) is 10.0. The Labute approximate surface area is 176 Å². The van der Waals surface area contributed by atoms with Gasteiger partial charge in [-0.25, -0.2) is 15.0 Å². The fourth-order valence-corrected chi connectivity index (χ4v) is 5.94. The van der Waals surface area contributed by atoms with Crippen LogP contribution in [0.2, 0.25) is 0 Å². The number of piperidine rings is 1. The van der Waals surface area contributed by atoms with Gasteiger partial charge in [0.15, 0.2) is 0 Å². The van der Waals surface area contributed by atoms with E-state index in [-0.39, 0.29) is 5.60 Å². The number of aromatic nitrogens is 3. The van der Waals surface area contributed by atoms with Gasteiger partial charge in [0.25, 0.3) is 0 Å². The van der Waals surface area contributed by atoms with E-state index >= 15 is 0 Å². The van der Waals surface area contributed by atoms with E-state index in [1.54, 1.807) is 17.7 Å². The Bertz CT molecular complexity index is 1050. The van der Waals surface area contributed by atoms with E-state index in [1.165, 1.54) is 52.6 Å². The Hall–Kier alpha value is -1.79. The quantitative estimate of drug-likeness (QED) is 0.574. The summed E-state index contributed by atoms with van der Waals surface area (Å²) in [6, 6.07) is 0. The normalized spacial score (nSPS) is 19.1. The highest BCUT2D eigenvalue weighted by molar-refractivity contribution is 7.26. The van der Waals surface area contributed by atoms with E-state index in [1.807, 2.05) is 0 Å². The van der Waals surface area contributed by atoms with Gasteiger partial charge in [-0.15, -0.1) is 11.3 Å². The standard InChI is InChI=1S/C23H30N4OS/c1-4-5-9-17-16-13-28-23(2,3)12-15(16)18-19-20(29-22(18)26-17)21(25-14-24-19)27-10-7-6-8-11-27/h14H,4-13H2,1-3H3. The molecule has 3 aromatic heterocycles. The number of rotatable bonds is 4. The van der Waals surface area contributed by atoms with Crippen molar-refractivity contribution in [3.63, 3.8) is 0 Å². The molecule has 5 nitrogen and oxygen atoms in total. The summed E-state index contributed by atoms with van der Waals surface area (Å²) >= 11 is 1.78. The molecule has 0 amide bonds. The number of hydrogen-bond donors (Lipinski definition) is 0. The Morgan fingerprint density at radius 3 is 2.76 bits per heavy atom. The number of unbranched alkanes of at least 4 members (excludes halogenated alkanes) is 1. The molecule has 2 aliphatic rings. The molecule has 29 heavy (non-hydrogen) atoms. The van der Waals surface area contributed by atoms with E-state index in [0.717, 1.165) is 48.5 Å². The number of thiophene rings is 1. The first kappa shape index (κ1) is 19.2. The van der Waals surface area contributed by atoms with E-state index in [9.17, 15) is 0 Å². The molecule has 0 saturated carbocycles. The summed E-state index contributed by atoms with van der Waals surface area (Å²) in [6.45, 7) is 9.46. The third kappa shape index (κ3) is 3.40. The largest absolute Gasteiger partial charge is 0.370 e. The summed E-state index contributed by atoms with van der Waals surface area (Å²) in [5, 5.41) is 1.25. The van der Waals surface area contributed by atoms with Crippen molar-refractivity contribution in [1.82, 2.24) is 15.0 Å². The SMILES string of the molecule is CCCCc1nc2sc3c(N4CCCCC4)ncnc3c2c2c1COC(C)(C)C2. The average Bonchev–Trinajstić information content (AvgIpc) is 3.10. The molecular weight excluding hydrogens is 380 g/mol. The maximum atomic E-state index is 6.19. The lowest BCUT2D eigenvalue weighted by Gasteiger charge is -2.33. The number of aryl methyl sites for hydroxylation is 1. The van der Waals surface area contributed by atoms with Crippen molar-refractivity contribution >= 4 is 37.6 Å². The highest BCUT2D eigenvalue weighted by Gasteiger charge is 2.32. The van der Waals surface area contributed by atoms with Crippen LogP contribution in [0.3, 0.4) is 0 Å². The van der Waals surface area contributed by atoms with E-state index in [0.29, 0.717) is 6.61 Å². The predicted octanol–water partition coefficient (Wildman–Crippen LogP) is 5.42. The van der Waals surface area contributed by atoms with Crippen molar-refractivity contribution < 1.29 is 4.74 Å². The lowest BCUT2D eigenvalue weighted by atomic mass is 9.88. The molecule has 2 aliphatic heterocycles. The first-order valence-electron chi connectivity index (χ1n) is 11.0. The molecule has 5 heterocycles. The van der Waals surface area contributed by atoms with Crippen molar-refractivity contribution in [2.75, 3.05) is 18.0 Å². The number of fused-ring (bicyclic) bond motifs is 5. The molecule has 1 fully saturated rings. The summed E-state index contributed by atoms with van der Waals surface area (Å²) in [6.07, 6.45) is 9.85. The third-order valence-corrected chi connectivity index (χ3v) is 7.39. The van der Waals surface area contributed by atoms with Gasteiger partial charge in [0.1, 0.15) is 17.0 Å². The Kier molecular flexibility index (Phi) is 4.95. The molecule has 0 bridgehead atoms. The minimum absolute atomic E-state index is 0.152. The molecule has 3 aromatic rings. The fourth-order valence-electron chi connectivity index (χ4n) is 4.74. The van der Waals surface area contributed by atoms with Gasteiger partial charge >= 0.3 is 0 Å². The summed E-state index contributed by atoms with van der Waals surface area (Å²) in [7, 11) is 0. The van der Waals surface area contributed by atoms with Crippen molar-refractivity contribution in [3.05, 3.63) is 23.1 Å². The zero-order valence-electron chi connectivity index (χ0n) is 17.8. The summed E-state index contributed by atoms with van der Waals surface area (Å²) in [5.41, 5.74) is 4.88. The average molecular weight is 411 g/mol. The molecule has 0 aliphatic carbocycles. The Morgan fingerprint density at radius 1 is 1.14 bits per heavy atom. The fraction of sp³-hybridized carbons (Fsp3) is 0.609. The van der Waals surface area contributed by atoms with Gasteiger partial charge in [-0.1, -0.05) is 13.3 Å². The van der Waals surface area contributed by atoms with Crippen LogP contribution in [0.15, 0.2) is 6.33 Å². The summed E-state index contributed by atoms with van der Waals surface area (Å²) in [5.74, 6) is 1.10. The molecule has 0 N–H and O–H groups in total. The van der Waals surface area contributed by atoms with Gasteiger partial charge in [0.05, 0.1) is 22.4 Å². The zero-order chi connectivity index (χ0) is 20.0. The number of nitrogens with zero attached hydrogens (tertiary/aromatic N) is 4. The topological polar surface area (TPSA) is 51.1 Å². The number of hydrogen-bond acceptors (Lipinski definition) is 6. The van der Waals surface area contributed by atoms with Crippen LogP contribution in [0.1, 0.15) is 69.7 Å². The van der Waals surface area contributed by atoms with Gasteiger partial charge in [-0.2, -0.15) is 0 Å². The molecule has 5 rings (SSSR count). The van der Waals surface area contributed by atoms with Crippen LogP contribution in [-0.2, 0) is 24.2 Å². The van der Waals surface area contributed by atoms with Crippen LogP contribution in [0.4, 0.5) is 5.82 Å². The van der Waals surface area contributed by atoms with E-state index in [4.69, 9.17) is 19.7 Å². The molecule has 1 saturated heterocycles. The molecule has 0 radical (unpaired) electrons. The van der Waals surface area contributed by atoms with Crippen LogP contribution >= 0.6 is 11.3 Å². The first-order valence-corrected chi connectivity index (χ1v) is 11.9. The maximum Gasteiger partial charge on any atom is 0.150 e. The smallest absolute Gasteiger partial charge is 0.150 e. The van der Waals surface area contributed by atoms with Gasteiger partial charge in [-0.3, -0.25) is 0 Å². The lowest BCUT2D eigenvalue weighted by Crippen LogP contribution is -2.32. The van der Waals surface area contributed by atoms with Crippen LogP contribution in [0.5, 0.6) is 0 Å². The van der Waals surface area contributed by atoms with Crippen molar-refractivity contribution in [3.8, 4) is 0 Å². The van der Waals surface area contributed by atoms with Crippen molar-refractivity contribution in [2.24, 2.45) is 0 Å². The lowest BCUT2D eigenvalue weighted by molar-refractivity contribution is -0.0401. The summed E-state index contributed by atoms with van der Waals surface area (Å²) < 4.78 is 7.40. The van der Waals surface area contributed by atoms with Gasteiger partial charge < -0.3 is 9.64 Å². The van der Waals surface area contributed by atoms with Crippen LogP contribution in [0.25, 0.3) is 20.4 Å². The zero-order valence-corrected chi connectivity index (χ0v) is 18.6.